The molecule has 33 heavy (non-hydrogen) atoms. The van der Waals surface area contributed by atoms with Gasteiger partial charge in [0.05, 0.1) is 24.7 Å². The van der Waals surface area contributed by atoms with Gasteiger partial charge in [-0.1, -0.05) is 6.92 Å². The largest absolute Gasteiger partial charge is 0.465 e. The van der Waals surface area contributed by atoms with Crippen LogP contribution in [0.5, 0.6) is 0 Å². The zero-order valence-electron chi connectivity index (χ0n) is 20.0. The number of rotatable bonds is 22. The van der Waals surface area contributed by atoms with Crippen molar-refractivity contribution in [3.05, 3.63) is 0 Å². The van der Waals surface area contributed by atoms with Gasteiger partial charge in [0, 0.05) is 58.9 Å². The Bertz CT molecular complexity index is 468. The Balaban J connectivity index is 4.78. The van der Waals surface area contributed by atoms with Crippen molar-refractivity contribution in [2.75, 3.05) is 78.7 Å². The summed E-state index contributed by atoms with van der Waals surface area (Å²) in [6.07, 6.45) is 1.01. The molecule has 0 heterocycles. The highest BCUT2D eigenvalue weighted by Gasteiger charge is 2.34. The fraction of sp³-hybridized carbons (Fsp3) is 0.857. The molecule has 0 aliphatic carbocycles. The normalized spacial score (nSPS) is 11.3. The van der Waals surface area contributed by atoms with E-state index < -0.39 is 23.3 Å². The monoisotopic (exact) mass is 476 g/mol. The molecule has 0 aliphatic rings. The first-order valence-electron chi connectivity index (χ1n) is 11.6. The lowest BCUT2D eigenvalue weighted by molar-refractivity contribution is -0.162. The molecule has 0 amide bonds. The average molecular weight is 477 g/mol. The summed E-state index contributed by atoms with van der Waals surface area (Å²) >= 11 is 0. The molecule has 0 atom stereocenters. The molecule has 9 N–H and O–H groups in total. The maximum absolute atomic E-state index is 12.1. The third kappa shape index (κ3) is 17.3. The second-order valence-electron chi connectivity index (χ2n) is 7.70. The van der Waals surface area contributed by atoms with Crippen LogP contribution in [0.15, 0.2) is 0 Å². The minimum Gasteiger partial charge on any atom is -0.465 e. The van der Waals surface area contributed by atoms with Crippen molar-refractivity contribution in [1.29, 1.82) is 0 Å². The van der Waals surface area contributed by atoms with E-state index >= 15 is 0 Å². The molecule has 194 valence electrons. The summed E-state index contributed by atoms with van der Waals surface area (Å²) in [4.78, 5) is 36.3. The van der Waals surface area contributed by atoms with Crippen LogP contribution in [0, 0.1) is 5.41 Å². The highest BCUT2D eigenvalue weighted by molar-refractivity contribution is 5.70. The number of hydrogen-bond donors (Lipinski definition) is 6. The molecule has 12 nitrogen and oxygen atoms in total. The maximum Gasteiger partial charge on any atom is 0.307 e. The van der Waals surface area contributed by atoms with Crippen molar-refractivity contribution in [2.45, 2.75) is 32.6 Å². The van der Waals surface area contributed by atoms with Crippen molar-refractivity contribution in [3.8, 4) is 0 Å². The third-order valence-corrected chi connectivity index (χ3v) is 4.85. The van der Waals surface area contributed by atoms with Crippen molar-refractivity contribution in [3.63, 3.8) is 0 Å². The van der Waals surface area contributed by atoms with Gasteiger partial charge in [0.1, 0.15) is 19.8 Å². The first-order valence-corrected chi connectivity index (χ1v) is 11.6. The summed E-state index contributed by atoms with van der Waals surface area (Å²) in [5, 5.41) is 9.07. The molecule has 0 bridgehead atoms. The maximum atomic E-state index is 12.1. The summed E-state index contributed by atoms with van der Waals surface area (Å²) in [6, 6.07) is 0. The van der Waals surface area contributed by atoms with E-state index in [1.165, 1.54) is 0 Å². The number of nitrogens with two attached hydrogens (primary N) is 3. The van der Waals surface area contributed by atoms with Gasteiger partial charge in [-0.25, -0.2) is 0 Å². The Morgan fingerprint density at radius 3 is 1.15 bits per heavy atom. The number of nitrogens with one attached hydrogen (secondary N) is 3. The van der Waals surface area contributed by atoms with E-state index in [0.717, 1.165) is 0 Å². The number of hydrogen-bond acceptors (Lipinski definition) is 12. The molecule has 0 saturated carbocycles. The van der Waals surface area contributed by atoms with E-state index in [2.05, 4.69) is 16.0 Å². The third-order valence-electron chi connectivity index (χ3n) is 4.85. The molecule has 0 rings (SSSR count). The van der Waals surface area contributed by atoms with Crippen LogP contribution in [0.25, 0.3) is 0 Å². The Hall–Kier alpha value is -1.83. The van der Waals surface area contributed by atoms with Crippen LogP contribution in [-0.2, 0) is 28.6 Å². The fourth-order valence-electron chi connectivity index (χ4n) is 2.60. The molecule has 0 radical (unpaired) electrons. The number of esters is 3. The van der Waals surface area contributed by atoms with Crippen molar-refractivity contribution in [2.24, 2.45) is 22.6 Å². The lowest BCUT2D eigenvalue weighted by atomic mass is 9.88. The SMILES string of the molecule is CCC(COC(=O)CCNCCN)(COC(=O)CCNCCN)COC(=O)CCNCCN. The van der Waals surface area contributed by atoms with Gasteiger partial charge in [-0.3, -0.25) is 14.4 Å². The standard InChI is InChI=1S/C21H44N6O6/c1-2-21(15-31-18(28)3-9-25-12-6-22,16-32-19(29)4-10-26-13-7-23)17-33-20(30)5-11-27-14-8-24/h25-27H,2-17,22-24H2,1H3. The number of carbonyl (C=O) groups is 3. The molecule has 12 heteroatoms. The lowest BCUT2D eigenvalue weighted by Gasteiger charge is -2.31. The van der Waals surface area contributed by atoms with Gasteiger partial charge in [-0.2, -0.15) is 0 Å². The van der Waals surface area contributed by atoms with Gasteiger partial charge in [0.15, 0.2) is 0 Å². The molecular formula is C21H44N6O6. The molecule has 0 unspecified atom stereocenters. The number of carbonyl (C=O) groups excluding carboxylic acids is 3. The van der Waals surface area contributed by atoms with Crippen LogP contribution in [-0.4, -0.2) is 96.6 Å². The first kappa shape index (κ1) is 31.2. The topological polar surface area (TPSA) is 193 Å². The van der Waals surface area contributed by atoms with Crippen LogP contribution < -0.4 is 33.2 Å². The molecule has 0 spiro atoms. The molecule has 0 aromatic carbocycles. The van der Waals surface area contributed by atoms with Crippen LogP contribution in [0.3, 0.4) is 0 Å². The molecular weight excluding hydrogens is 432 g/mol. The smallest absolute Gasteiger partial charge is 0.307 e. The zero-order chi connectivity index (χ0) is 24.8. The predicted molar refractivity (Wildman–Crippen MR) is 125 cm³/mol. The molecule has 0 saturated heterocycles. The zero-order valence-corrected chi connectivity index (χ0v) is 20.0. The summed E-state index contributed by atoms with van der Waals surface area (Å²) in [5.41, 5.74) is 15.4. The van der Waals surface area contributed by atoms with E-state index in [1.807, 2.05) is 6.92 Å². The van der Waals surface area contributed by atoms with Crippen LogP contribution in [0.2, 0.25) is 0 Å². The van der Waals surface area contributed by atoms with Gasteiger partial charge < -0.3 is 47.4 Å². The van der Waals surface area contributed by atoms with Gasteiger partial charge in [-0.15, -0.1) is 0 Å². The summed E-state index contributed by atoms with van der Waals surface area (Å²) in [7, 11) is 0. The minimum absolute atomic E-state index is 0.0311. The summed E-state index contributed by atoms with van der Waals surface area (Å²) in [6.45, 7) is 6.39. The predicted octanol–water partition coefficient (Wildman–Crippen LogP) is -2.17. The minimum atomic E-state index is -0.832. The van der Waals surface area contributed by atoms with Gasteiger partial charge >= 0.3 is 17.9 Å². The van der Waals surface area contributed by atoms with Crippen molar-refractivity contribution >= 4 is 17.9 Å². The highest BCUT2D eigenvalue weighted by atomic mass is 16.6. The highest BCUT2D eigenvalue weighted by Crippen LogP contribution is 2.25. The lowest BCUT2D eigenvalue weighted by Crippen LogP contribution is -2.39. The van der Waals surface area contributed by atoms with E-state index in [-0.39, 0.29) is 39.1 Å². The molecule has 0 aromatic rings. The average Bonchev–Trinajstić information content (AvgIpc) is 2.82. The Labute approximate surface area is 197 Å². The summed E-state index contributed by atoms with van der Waals surface area (Å²) in [5.74, 6) is -1.19. The van der Waals surface area contributed by atoms with Crippen LogP contribution in [0.1, 0.15) is 32.6 Å². The molecule has 0 fully saturated rings. The second-order valence-corrected chi connectivity index (χ2v) is 7.70. The molecule has 0 aliphatic heterocycles. The van der Waals surface area contributed by atoms with Crippen LogP contribution >= 0.6 is 0 Å². The van der Waals surface area contributed by atoms with E-state index in [4.69, 9.17) is 31.4 Å². The van der Waals surface area contributed by atoms with Crippen molar-refractivity contribution in [1.82, 2.24) is 16.0 Å². The van der Waals surface area contributed by atoms with E-state index in [0.29, 0.717) is 65.3 Å². The summed E-state index contributed by atoms with van der Waals surface area (Å²) < 4.78 is 16.3. The molecule has 0 aromatic heterocycles. The number of ether oxygens (including phenoxy) is 3. The van der Waals surface area contributed by atoms with E-state index in [1.54, 1.807) is 0 Å². The Morgan fingerprint density at radius 2 is 0.909 bits per heavy atom. The van der Waals surface area contributed by atoms with Crippen molar-refractivity contribution < 1.29 is 28.6 Å². The van der Waals surface area contributed by atoms with E-state index in [9.17, 15) is 14.4 Å². The fourth-order valence-corrected chi connectivity index (χ4v) is 2.60. The first-order chi connectivity index (χ1) is 15.9. The Kier molecular flexibility index (Phi) is 19.6. The second kappa shape index (κ2) is 20.8. The van der Waals surface area contributed by atoms with Gasteiger partial charge in [-0.05, 0) is 6.42 Å². The van der Waals surface area contributed by atoms with Gasteiger partial charge in [0.25, 0.3) is 0 Å². The quantitative estimate of drug-likeness (QED) is 0.0563. The Morgan fingerprint density at radius 1 is 0.606 bits per heavy atom. The van der Waals surface area contributed by atoms with Crippen LogP contribution in [0.4, 0.5) is 0 Å². The van der Waals surface area contributed by atoms with Gasteiger partial charge in [0.2, 0.25) is 0 Å².